The van der Waals surface area contributed by atoms with Crippen molar-refractivity contribution >= 4 is 28.4 Å². The summed E-state index contributed by atoms with van der Waals surface area (Å²) in [6.07, 6.45) is 6.49. The van der Waals surface area contributed by atoms with E-state index in [1.165, 1.54) is 16.5 Å². The van der Waals surface area contributed by atoms with Gasteiger partial charge in [-0.1, -0.05) is 36.4 Å². The summed E-state index contributed by atoms with van der Waals surface area (Å²) in [6, 6.07) is 18.0. The molecule has 150 valence electrons. The van der Waals surface area contributed by atoms with E-state index in [0.29, 0.717) is 24.7 Å². The Morgan fingerprint density at radius 2 is 1.97 bits per heavy atom. The van der Waals surface area contributed by atoms with Crippen LogP contribution >= 0.6 is 0 Å². The molecule has 0 unspecified atom stereocenters. The van der Waals surface area contributed by atoms with Crippen LogP contribution in [0.3, 0.4) is 0 Å². The number of fused-ring (bicyclic) bond motifs is 2. The number of carbonyl (C=O) groups excluding carboxylic acids is 1. The molecule has 0 saturated heterocycles. The average molecular weight is 397 g/mol. The van der Waals surface area contributed by atoms with E-state index in [1.54, 1.807) is 12.3 Å². The van der Waals surface area contributed by atoms with Crippen LogP contribution in [0.5, 0.6) is 0 Å². The Morgan fingerprint density at radius 3 is 2.93 bits per heavy atom. The van der Waals surface area contributed by atoms with E-state index in [-0.39, 0.29) is 5.91 Å². The fourth-order valence-electron chi connectivity index (χ4n) is 4.09. The lowest BCUT2D eigenvalue weighted by atomic mass is 10.0. The van der Waals surface area contributed by atoms with Crippen molar-refractivity contribution in [3.63, 3.8) is 0 Å². The van der Waals surface area contributed by atoms with Gasteiger partial charge in [0.05, 0.1) is 0 Å². The topological polar surface area (TPSA) is 73.9 Å². The van der Waals surface area contributed by atoms with Crippen molar-refractivity contribution in [1.29, 1.82) is 0 Å². The summed E-state index contributed by atoms with van der Waals surface area (Å²) in [4.78, 5) is 27.0. The molecule has 6 nitrogen and oxygen atoms in total. The molecule has 5 rings (SSSR count). The third-order valence-corrected chi connectivity index (χ3v) is 5.58. The molecule has 3 heterocycles. The van der Waals surface area contributed by atoms with Crippen LogP contribution in [0.1, 0.15) is 28.0 Å². The Morgan fingerprint density at radius 1 is 1.10 bits per heavy atom. The highest BCUT2D eigenvalue weighted by atomic mass is 16.2. The molecule has 6 heteroatoms. The number of hydrogen-bond acceptors (Lipinski definition) is 4. The van der Waals surface area contributed by atoms with Crippen molar-refractivity contribution in [3.05, 3.63) is 83.8 Å². The van der Waals surface area contributed by atoms with Crippen molar-refractivity contribution in [3.8, 4) is 0 Å². The molecule has 2 aromatic carbocycles. The number of benzene rings is 2. The minimum Gasteiger partial charge on any atom is -0.361 e. The molecule has 2 aromatic heterocycles. The Bertz CT molecular complexity index is 1200. The molecule has 0 atom stereocenters. The van der Waals surface area contributed by atoms with Gasteiger partial charge in [0.1, 0.15) is 5.69 Å². The smallest absolute Gasteiger partial charge is 0.277 e. The van der Waals surface area contributed by atoms with Crippen molar-refractivity contribution in [2.45, 2.75) is 19.3 Å². The molecule has 1 aliphatic heterocycles. The first-order valence-corrected chi connectivity index (χ1v) is 10.3. The highest BCUT2D eigenvalue weighted by molar-refractivity contribution is 6.05. The zero-order valence-corrected chi connectivity index (χ0v) is 16.6. The molecule has 0 spiro atoms. The third-order valence-electron chi connectivity index (χ3n) is 5.58. The quantitative estimate of drug-likeness (QED) is 0.529. The highest BCUT2D eigenvalue weighted by Gasteiger charge is 2.24. The molecule has 0 saturated carbocycles. The predicted octanol–water partition coefficient (Wildman–Crippen LogP) is 4.21. The van der Waals surface area contributed by atoms with Crippen molar-refractivity contribution < 1.29 is 4.79 Å². The van der Waals surface area contributed by atoms with E-state index in [1.807, 2.05) is 41.4 Å². The van der Waals surface area contributed by atoms with Crippen molar-refractivity contribution in [1.82, 2.24) is 15.0 Å². The molecule has 0 aliphatic carbocycles. The molecular formula is C24H23N5O. The van der Waals surface area contributed by atoms with Gasteiger partial charge in [-0.15, -0.1) is 0 Å². The monoisotopic (exact) mass is 397 g/mol. The van der Waals surface area contributed by atoms with Crippen LogP contribution in [0.25, 0.3) is 10.9 Å². The van der Waals surface area contributed by atoms with Crippen LogP contribution in [-0.2, 0) is 12.8 Å². The van der Waals surface area contributed by atoms with Gasteiger partial charge in [0.25, 0.3) is 5.91 Å². The molecule has 1 amide bonds. The molecule has 1 aliphatic rings. The summed E-state index contributed by atoms with van der Waals surface area (Å²) in [5.74, 6) is 0.398. The number of nitrogens with one attached hydrogen (secondary N) is 2. The fourth-order valence-corrected chi connectivity index (χ4v) is 4.09. The normalized spacial score (nSPS) is 13.3. The van der Waals surface area contributed by atoms with Crippen LogP contribution in [0.15, 0.2) is 67.0 Å². The minimum atomic E-state index is -0.0794. The molecule has 2 N–H and O–H groups in total. The predicted molar refractivity (Wildman–Crippen MR) is 119 cm³/mol. The first-order chi connectivity index (χ1) is 14.8. The summed E-state index contributed by atoms with van der Waals surface area (Å²) in [7, 11) is 0. The first kappa shape index (κ1) is 18.4. The third kappa shape index (κ3) is 3.52. The van der Waals surface area contributed by atoms with Crippen LogP contribution in [0, 0.1) is 0 Å². The number of nitrogens with zero attached hydrogens (tertiary/aromatic N) is 3. The van der Waals surface area contributed by atoms with Gasteiger partial charge in [0.2, 0.25) is 5.95 Å². The number of carbonyl (C=O) groups is 1. The van der Waals surface area contributed by atoms with Gasteiger partial charge in [0.15, 0.2) is 0 Å². The Balaban J connectivity index is 1.28. The maximum Gasteiger partial charge on any atom is 0.277 e. The summed E-state index contributed by atoms with van der Waals surface area (Å²) < 4.78 is 0. The second-order valence-electron chi connectivity index (χ2n) is 7.49. The SMILES string of the molecule is O=C(c1ccnc(NCCc2c[nH]c3ccccc23)n1)N1CCCc2ccccc21. The fraction of sp³-hybridized carbons (Fsp3) is 0.208. The summed E-state index contributed by atoms with van der Waals surface area (Å²) >= 11 is 0. The Kier molecular flexibility index (Phi) is 4.89. The van der Waals surface area contributed by atoms with Crippen LogP contribution in [-0.4, -0.2) is 33.9 Å². The number of para-hydroxylation sites is 2. The van der Waals surface area contributed by atoms with Gasteiger partial charge in [0, 0.05) is 42.1 Å². The molecule has 30 heavy (non-hydrogen) atoms. The molecule has 0 fully saturated rings. The van der Waals surface area contributed by atoms with Crippen molar-refractivity contribution in [2.75, 3.05) is 23.3 Å². The maximum atomic E-state index is 13.1. The summed E-state index contributed by atoms with van der Waals surface area (Å²) in [6.45, 7) is 1.40. The van der Waals surface area contributed by atoms with Gasteiger partial charge in [-0.3, -0.25) is 4.79 Å². The van der Waals surface area contributed by atoms with E-state index >= 15 is 0 Å². The molecule has 0 bridgehead atoms. The summed E-state index contributed by atoms with van der Waals surface area (Å²) in [5.41, 5.74) is 4.99. The van der Waals surface area contributed by atoms with Crippen LogP contribution in [0.4, 0.5) is 11.6 Å². The number of aromatic amines is 1. The van der Waals surface area contributed by atoms with Gasteiger partial charge >= 0.3 is 0 Å². The number of aromatic nitrogens is 3. The van der Waals surface area contributed by atoms with E-state index in [4.69, 9.17) is 0 Å². The largest absolute Gasteiger partial charge is 0.361 e. The maximum absolute atomic E-state index is 13.1. The van der Waals surface area contributed by atoms with Gasteiger partial charge in [-0.25, -0.2) is 9.97 Å². The zero-order valence-electron chi connectivity index (χ0n) is 16.6. The minimum absolute atomic E-state index is 0.0794. The van der Waals surface area contributed by atoms with E-state index in [0.717, 1.165) is 30.5 Å². The van der Waals surface area contributed by atoms with Gasteiger partial charge in [-0.05, 0) is 48.6 Å². The average Bonchev–Trinajstić information content (AvgIpc) is 3.22. The first-order valence-electron chi connectivity index (χ1n) is 10.3. The van der Waals surface area contributed by atoms with E-state index < -0.39 is 0 Å². The standard InChI is InChI=1S/C24H23N5O/c30-23(29-15-5-7-17-6-1-4-10-22(17)29)21-12-14-26-24(28-21)25-13-11-18-16-27-20-9-3-2-8-19(18)20/h1-4,6,8-10,12,14,16,27H,5,7,11,13,15H2,(H,25,26,28). The number of anilines is 2. The summed E-state index contributed by atoms with van der Waals surface area (Å²) in [5, 5.41) is 4.49. The number of aryl methyl sites for hydroxylation is 1. The lowest BCUT2D eigenvalue weighted by Crippen LogP contribution is -2.36. The van der Waals surface area contributed by atoms with Crippen LogP contribution < -0.4 is 10.2 Å². The number of hydrogen-bond donors (Lipinski definition) is 2. The number of amides is 1. The number of rotatable bonds is 5. The molecular weight excluding hydrogens is 374 g/mol. The highest BCUT2D eigenvalue weighted by Crippen LogP contribution is 2.27. The van der Waals surface area contributed by atoms with Gasteiger partial charge < -0.3 is 15.2 Å². The van der Waals surface area contributed by atoms with E-state index in [2.05, 4.69) is 38.5 Å². The van der Waals surface area contributed by atoms with Crippen LogP contribution in [0.2, 0.25) is 0 Å². The van der Waals surface area contributed by atoms with Crippen molar-refractivity contribution in [2.24, 2.45) is 0 Å². The second-order valence-corrected chi connectivity index (χ2v) is 7.49. The zero-order chi connectivity index (χ0) is 20.3. The second kappa shape index (κ2) is 7.99. The number of H-pyrrole nitrogens is 1. The lowest BCUT2D eigenvalue weighted by molar-refractivity contribution is 0.0980. The van der Waals surface area contributed by atoms with E-state index in [9.17, 15) is 4.79 Å². The lowest BCUT2D eigenvalue weighted by Gasteiger charge is -2.29. The molecule has 4 aromatic rings. The van der Waals surface area contributed by atoms with Gasteiger partial charge in [-0.2, -0.15) is 0 Å². The Labute approximate surface area is 175 Å². The molecule has 0 radical (unpaired) electrons. The Hall–Kier alpha value is -3.67.